The molecule has 1 aliphatic heterocycles. The van der Waals surface area contributed by atoms with Gasteiger partial charge in [-0.2, -0.15) is 0 Å². The predicted molar refractivity (Wildman–Crippen MR) is 72.9 cm³/mol. The average Bonchev–Trinajstić information content (AvgIpc) is 2.85. The summed E-state index contributed by atoms with van der Waals surface area (Å²) in [6.07, 6.45) is 2.46. The fraction of sp³-hybridized carbons (Fsp3) is 0.600. The number of hydrogen-bond acceptors (Lipinski definition) is 3. The summed E-state index contributed by atoms with van der Waals surface area (Å²) >= 11 is 0. The van der Waals surface area contributed by atoms with Crippen LogP contribution in [0.5, 0.6) is 11.5 Å². The van der Waals surface area contributed by atoms with Gasteiger partial charge in [-0.1, -0.05) is 32.8 Å². The summed E-state index contributed by atoms with van der Waals surface area (Å²) in [5.74, 6) is 2.47. The molecular weight excluding hydrogens is 226 g/mol. The van der Waals surface area contributed by atoms with Gasteiger partial charge in [-0.05, 0) is 30.5 Å². The van der Waals surface area contributed by atoms with Gasteiger partial charge >= 0.3 is 0 Å². The minimum atomic E-state index is 0.344. The Morgan fingerprint density at radius 3 is 2.61 bits per heavy atom. The van der Waals surface area contributed by atoms with Crippen molar-refractivity contribution in [3.05, 3.63) is 23.8 Å². The SMILES string of the molecule is CCC(CC)C(C)NCc1ccc2c(c1)OCO2. The van der Waals surface area contributed by atoms with Gasteiger partial charge in [0.05, 0.1) is 0 Å². The summed E-state index contributed by atoms with van der Waals surface area (Å²) in [5, 5.41) is 3.60. The van der Waals surface area contributed by atoms with Gasteiger partial charge in [0.25, 0.3) is 0 Å². The predicted octanol–water partition coefficient (Wildman–Crippen LogP) is 3.33. The molecule has 0 fully saturated rings. The van der Waals surface area contributed by atoms with E-state index in [9.17, 15) is 0 Å². The van der Waals surface area contributed by atoms with Crippen molar-refractivity contribution >= 4 is 0 Å². The van der Waals surface area contributed by atoms with Crippen molar-refractivity contribution in [2.75, 3.05) is 6.79 Å². The molecule has 1 aliphatic rings. The van der Waals surface area contributed by atoms with Gasteiger partial charge < -0.3 is 14.8 Å². The van der Waals surface area contributed by atoms with Gasteiger partial charge in [-0.3, -0.25) is 0 Å². The van der Waals surface area contributed by atoms with Crippen LogP contribution in [0.2, 0.25) is 0 Å². The molecule has 0 saturated heterocycles. The van der Waals surface area contributed by atoms with Gasteiger partial charge in [0.15, 0.2) is 11.5 Å². The van der Waals surface area contributed by atoms with Crippen molar-refractivity contribution in [3.8, 4) is 11.5 Å². The summed E-state index contributed by atoms with van der Waals surface area (Å²) in [6, 6.07) is 6.70. The van der Waals surface area contributed by atoms with Gasteiger partial charge in [-0.15, -0.1) is 0 Å². The van der Waals surface area contributed by atoms with Gasteiger partial charge in [-0.25, -0.2) is 0 Å². The van der Waals surface area contributed by atoms with E-state index < -0.39 is 0 Å². The molecule has 0 amide bonds. The summed E-state index contributed by atoms with van der Waals surface area (Å²) in [7, 11) is 0. The molecule has 0 radical (unpaired) electrons. The Balaban J connectivity index is 1.90. The van der Waals surface area contributed by atoms with Crippen LogP contribution in [0.4, 0.5) is 0 Å². The molecule has 1 unspecified atom stereocenters. The highest BCUT2D eigenvalue weighted by Crippen LogP contribution is 2.32. The Hall–Kier alpha value is -1.22. The summed E-state index contributed by atoms with van der Waals surface area (Å²) in [5.41, 5.74) is 1.25. The van der Waals surface area contributed by atoms with Crippen LogP contribution >= 0.6 is 0 Å². The molecule has 0 aliphatic carbocycles. The quantitative estimate of drug-likeness (QED) is 0.839. The van der Waals surface area contributed by atoms with Crippen molar-refractivity contribution in [1.29, 1.82) is 0 Å². The topological polar surface area (TPSA) is 30.5 Å². The first-order valence-electron chi connectivity index (χ1n) is 6.86. The maximum Gasteiger partial charge on any atom is 0.231 e. The zero-order valence-electron chi connectivity index (χ0n) is 11.5. The zero-order valence-corrected chi connectivity index (χ0v) is 11.5. The normalized spacial score (nSPS) is 15.1. The molecule has 1 aromatic carbocycles. The molecule has 18 heavy (non-hydrogen) atoms. The molecule has 0 bridgehead atoms. The summed E-state index contributed by atoms with van der Waals surface area (Å²) < 4.78 is 10.7. The average molecular weight is 249 g/mol. The van der Waals surface area contributed by atoms with E-state index in [0.717, 1.165) is 24.0 Å². The van der Waals surface area contributed by atoms with E-state index >= 15 is 0 Å². The molecule has 1 N–H and O–H groups in total. The highest BCUT2D eigenvalue weighted by atomic mass is 16.7. The Bertz CT molecular complexity index is 388. The van der Waals surface area contributed by atoms with E-state index in [1.807, 2.05) is 6.07 Å². The number of nitrogens with one attached hydrogen (secondary N) is 1. The lowest BCUT2D eigenvalue weighted by molar-refractivity contribution is 0.174. The lowest BCUT2D eigenvalue weighted by Gasteiger charge is -2.22. The van der Waals surface area contributed by atoms with Crippen LogP contribution in [-0.4, -0.2) is 12.8 Å². The third kappa shape index (κ3) is 2.96. The minimum Gasteiger partial charge on any atom is -0.454 e. The molecule has 100 valence electrons. The van der Waals surface area contributed by atoms with E-state index in [0.29, 0.717) is 12.8 Å². The molecule has 2 rings (SSSR count). The molecule has 3 nitrogen and oxygen atoms in total. The number of ether oxygens (including phenoxy) is 2. The smallest absolute Gasteiger partial charge is 0.231 e. The first-order chi connectivity index (χ1) is 8.74. The molecule has 0 spiro atoms. The van der Waals surface area contributed by atoms with E-state index in [1.165, 1.54) is 18.4 Å². The number of fused-ring (bicyclic) bond motifs is 1. The molecule has 0 aromatic heterocycles. The maximum atomic E-state index is 5.39. The van der Waals surface area contributed by atoms with E-state index in [-0.39, 0.29) is 0 Å². The second kappa shape index (κ2) is 6.10. The number of benzene rings is 1. The summed E-state index contributed by atoms with van der Waals surface area (Å²) in [4.78, 5) is 0. The number of hydrogen-bond donors (Lipinski definition) is 1. The Morgan fingerprint density at radius 2 is 1.89 bits per heavy atom. The minimum absolute atomic E-state index is 0.344. The monoisotopic (exact) mass is 249 g/mol. The van der Waals surface area contributed by atoms with Crippen molar-refractivity contribution in [1.82, 2.24) is 5.32 Å². The van der Waals surface area contributed by atoms with Gasteiger partial charge in [0.1, 0.15) is 0 Å². The second-order valence-corrected chi connectivity index (χ2v) is 4.93. The van der Waals surface area contributed by atoms with Crippen molar-refractivity contribution < 1.29 is 9.47 Å². The van der Waals surface area contributed by atoms with Crippen molar-refractivity contribution in [2.45, 2.75) is 46.2 Å². The van der Waals surface area contributed by atoms with Crippen molar-refractivity contribution in [3.63, 3.8) is 0 Å². The summed E-state index contributed by atoms with van der Waals surface area (Å²) in [6.45, 7) is 8.01. The van der Waals surface area contributed by atoms with Crippen LogP contribution in [0, 0.1) is 5.92 Å². The first-order valence-corrected chi connectivity index (χ1v) is 6.86. The van der Waals surface area contributed by atoms with Crippen LogP contribution in [-0.2, 0) is 6.54 Å². The van der Waals surface area contributed by atoms with E-state index in [1.54, 1.807) is 0 Å². The third-order valence-electron chi connectivity index (χ3n) is 3.82. The van der Waals surface area contributed by atoms with E-state index in [2.05, 4.69) is 38.2 Å². The molecular formula is C15H23NO2. The Morgan fingerprint density at radius 1 is 1.17 bits per heavy atom. The molecule has 0 saturated carbocycles. The second-order valence-electron chi connectivity index (χ2n) is 4.93. The fourth-order valence-electron chi connectivity index (χ4n) is 2.49. The standard InChI is InChI=1S/C15H23NO2/c1-4-13(5-2)11(3)16-9-12-6-7-14-15(8-12)18-10-17-14/h6-8,11,13,16H,4-5,9-10H2,1-3H3. The van der Waals surface area contributed by atoms with Gasteiger partial charge in [0.2, 0.25) is 6.79 Å². The third-order valence-corrected chi connectivity index (χ3v) is 3.82. The first kappa shape index (κ1) is 13.2. The maximum absolute atomic E-state index is 5.39. The highest BCUT2D eigenvalue weighted by molar-refractivity contribution is 5.44. The largest absolute Gasteiger partial charge is 0.454 e. The molecule has 1 aromatic rings. The lowest BCUT2D eigenvalue weighted by atomic mass is 9.95. The molecule has 1 atom stereocenters. The Kier molecular flexibility index (Phi) is 4.48. The van der Waals surface area contributed by atoms with Crippen LogP contribution in [0.1, 0.15) is 39.2 Å². The van der Waals surface area contributed by atoms with Crippen LogP contribution in [0.3, 0.4) is 0 Å². The zero-order chi connectivity index (χ0) is 13.0. The lowest BCUT2D eigenvalue weighted by Crippen LogP contribution is -2.32. The van der Waals surface area contributed by atoms with Crippen LogP contribution in [0.25, 0.3) is 0 Å². The van der Waals surface area contributed by atoms with Crippen LogP contribution in [0.15, 0.2) is 18.2 Å². The van der Waals surface area contributed by atoms with Crippen LogP contribution < -0.4 is 14.8 Å². The van der Waals surface area contributed by atoms with Crippen molar-refractivity contribution in [2.24, 2.45) is 5.92 Å². The highest BCUT2D eigenvalue weighted by Gasteiger charge is 2.15. The van der Waals surface area contributed by atoms with Gasteiger partial charge in [0, 0.05) is 12.6 Å². The molecule has 1 heterocycles. The molecule has 3 heteroatoms. The Labute approximate surface area is 109 Å². The van der Waals surface area contributed by atoms with E-state index in [4.69, 9.17) is 9.47 Å². The fourth-order valence-corrected chi connectivity index (χ4v) is 2.49. The number of rotatable bonds is 6.